The molecule has 0 bridgehead atoms. The molecular weight excluding hydrogens is 409 g/mol. The third-order valence-electron chi connectivity index (χ3n) is 5.38. The Hall–Kier alpha value is -4.14. The highest BCUT2D eigenvalue weighted by Crippen LogP contribution is 2.24. The highest BCUT2D eigenvalue weighted by Gasteiger charge is 2.24. The van der Waals surface area contributed by atoms with Crippen molar-refractivity contribution in [1.82, 2.24) is 29.9 Å². The summed E-state index contributed by atoms with van der Waals surface area (Å²) in [6.45, 7) is 2.37. The first-order chi connectivity index (χ1) is 15.7. The molecule has 1 saturated heterocycles. The molecule has 0 aliphatic carbocycles. The summed E-state index contributed by atoms with van der Waals surface area (Å²) in [7, 11) is 0. The Morgan fingerprint density at radius 3 is 2.56 bits per heavy atom. The van der Waals surface area contributed by atoms with Crippen molar-refractivity contribution in [3.8, 4) is 5.69 Å². The van der Waals surface area contributed by atoms with E-state index in [1.165, 1.54) is 23.1 Å². The van der Waals surface area contributed by atoms with Crippen LogP contribution < -0.4 is 4.90 Å². The minimum absolute atomic E-state index is 0.0154. The van der Waals surface area contributed by atoms with E-state index in [4.69, 9.17) is 0 Å². The monoisotopic (exact) mass is 429 g/mol. The van der Waals surface area contributed by atoms with Gasteiger partial charge >= 0.3 is 0 Å². The maximum atomic E-state index is 13.6. The van der Waals surface area contributed by atoms with Crippen molar-refractivity contribution in [3.05, 3.63) is 78.4 Å². The van der Waals surface area contributed by atoms with Gasteiger partial charge in [-0.1, -0.05) is 41.6 Å². The largest absolute Gasteiger partial charge is 0.351 e. The Balaban J connectivity index is 1.31. The molecule has 1 aliphatic heterocycles. The molecule has 5 rings (SSSR count). The van der Waals surface area contributed by atoms with Crippen molar-refractivity contribution in [2.45, 2.75) is 0 Å². The van der Waals surface area contributed by atoms with Crippen LogP contribution in [0.5, 0.6) is 0 Å². The molecule has 9 heteroatoms. The lowest BCUT2D eigenvalue weighted by atomic mass is 10.2. The third-order valence-corrected chi connectivity index (χ3v) is 5.38. The molecule has 0 spiro atoms. The van der Waals surface area contributed by atoms with Crippen molar-refractivity contribution >= 4 is 29.0 Å². The van der Waals surface area contributed by atoms with Gasteiger partial charge in [0, 0.05) is 32.3 Å². The van der Waals surface area contributed by atoms with E-state index in [0.717, 1.165) is 5.56 Å². The Bertz CT molecular complexity index is 1280. The summed E-state index contributed by atoms with van der Waals surface area (Å²) in [4.78, 5) is 25.2. The minimum Gasteiger partial charge on any atom is -0.351 e. The molecule has 1 aliphatic rings. The number of carbonyl (C=O) groups excluding carboxylic acids is 1. The Morgan fingerprint density at radius 2 is 1.78 bits per heavy atom. The number of hydrogen-bond acceptors (Lipinski definition) is 6. The number of amides is 1. The highest BCUT2D eigenvalue weighted by molar-refractivity contribution is 5.92. The molecule has 0 radical (unpaired) electrons. The van der Waals surface area contributed by atoms with Gasteiger partial charge in [-0.15, -0.1) is 5.10 Å². The number of hydrogen-bond donors (Lipinski definition) is 0. The Morgan fingerprint density at radius 1 is 0.969 bits per heavy atom. The van der Waals surface area contributed by atoms with Gasteiger partial charge in [0.2, 0.25) is 5.91 Å². The third kappa shape index (κ3) is 3.92. The first-order valence-electron chi connectivity index (χ1n) is 10.3. The summed E-state index contributed by atoms with van der Waals surface area (Å²) in [5.41, 5.74) is 2.58. The number of nitrogens with zero attached hydrogens (tertiary/aromatic N) is 7. The van der Waals surface area contributed by atoms with Crippen molar-refractivity contribution in [3.63, 3.8) is 0 Å². The first kappa shape index (κ1) is 19.8. The van der Waals surface area contributed by atoms with Gasteiger partial charge in [-0.3, -0.25) is 4.79 Å². The van der Waals surface area contributed by atoms with E-state index in [1.807, 2.05) is 41.3 Å². The molecule has 2 aromatic carbocycles. The van der Waals surface area contributed by atoms with E-state index in [9.17, 15) is 9.18 Å². The number of fused-ring (bicyclic) bond motifs is 1. The van der Waals surface area contributed by atoms with Crippen LogP contribution in [0.25, 0.3) is 22.9 Å². The van der Waals surface area contributed by atoms with E-state index in [-0.39, 0.29) is 11.7 Å². The predicted molar refractivity (Wildman–Crippen MR) is 119 cm³/mol. The molecule has 0 saturated carbocycles. The molecule has 1 fully saturated rings. The van der Waals surface area contributed by atoms with Crippen LogP contribution in [0.15, 0.2) is 67.0 Å². The van der Waals surface area contributed by atoms with Crippen LogP contribution in [0.3, 0.4) is 0 Å². The van der Waals surface area contributed by atoms with Crippen molar-refractivity contribution < 1.29 is 9.18 Å². The van der Waals surface area contributed by atoms with Crippen molar-refractivity contribution in [2.75, 3.05) is 31.1 Å². The SMILES string of the molecule is O=C(/C=C/c1ccccc1)N1CCN(c2ncnc3c2nnn3-c2cccc(F)c2)CC1. The summed E-state index contributed by atoms with van der Waals surface area (Å²) in [5.74, 6) is 0.283. The summed E-state index contributed by atoms with van der Waals surface area (Å²) < 4.78 is 15.1. The number of rotatable bonds is 4. The van der Waals surface area contributed by atoms with Crippen LogP contribution >= 0.6 is 0 Å². The summed E-state index contributed by atoms with van der Waals surface area (Å²) in [5, 5.41) is 8.40. The molecule has 160 valence electrons. The topological polar surface area (TPSA) is 80.0 Å². The summed E-state index contributed by atoms with van der Waals surface area (Å²) in [6, 6.07) is 15.8. The van der Waals surface area contributed by atoms with Gasteiger partial charge in [0.15, 0.2) is 17.0 Å². The van der Waals surface area contributed by atoms with E-state index in [2.05, 4.69) is 25.2 Å². The fourth-order valence-corrected chi connectivity index (χ4v) is 3.73. The maximum Gasteiger partial charge on any atom is 0.246 e. The van der Waals surface area contributed by atoms with Crippen LogP contribution in [0.4, 0.5) is 10.2 Å². The van der Waals surface area contributed by atoms with E-state index in [1.54, 1.807) is 18.2 Å². The van der Waals surface area contributed by atoms with Crippen molar-refractivity contribution in [1.29, 1.82) is 0 Å². The minimum atomic E-state index is -0.359. The standard InChI is InChI=1S/C23H20FN7O/c24-18-7-4-8-19(15-18)31-23-21(27-28-31)22(25-16-26-23)30-13-11-29(12-14-30)20(32)10-9-17-5-2-1-3-6-17/h1-10,15-16H,11-14H2/b10-9+. The number of anilines is 1. The van der Waals surface area contributed by atoms with Crippen LogP contribution in [0.2, 0.25) is 0 Å². The van der Waals surface area contributed by atoms with Gasteiger partial charge in [-0.25, -0.2) is 14.4 Å². The van der Waals surface area contributed by atoms with Crippen LogP contribution in [0.1, 0.15) is 5.56 Å². The number of halogens is 1. The second-order valence-electron chi connectivity index (χ2n) is 7.41. The van der Waals surface area contributed by atoms with Crippen LogP contribution in [-0.2, 0) is 4.79 Å². The van der Waals surface area contributed by atoms with E-state index < -0.39 is 0 Å². The van der Waals surface area contributed by atoms with Gasteiger partial charge < -0.3 is 9.80 Å². The average molecular weight is 429 g/mol. The molecule has 0 atom stereocenters. The summed E-state index contributed by atoms with van der Waals surface area (Å²) >= 11 is 0. The second kappa shape index (κ2) is 8.54. The zero-order chi connectivity index (χ0) is 21.9. The Labute approximate surface area is 183 Å². The lowest BCUT2D eigenvalue weighted by Gasteiger charge is -2.34. The van der Waals surface area contributed by atoms with Gasteiger partial charge in [0.1, 0.15) is 12.1 Å². The molecule has 32 heavy (non-hydrogen) atoms. The van der Waals surface area contributed by atoms with E-state index in [0.29, 0.717) is 48.8 Å². The van der Waals surface area contributed by atoms with Crippen molar-refractivity contribution in [2.24, 2.45) is 0 Å². The molecule has 0 unspecified atom stereocenters. The zero-order valence-electron chi connectivity index (χ0n) is 17.2. The number of aromatic nitrogens is 5. The smallest absolute Gasteiger partial charge is 0.246 e. The van der Waals surface area contributed by atoms with Gasteiger partial charge in [-0.05, 0) is 29.8 Å². The fraction of sp³-hybridized carbons (Fsp3) is 0.174. The number of piperazine rings is 1. The lowest BCUT2D eigenvalue weighted by Crippen LogP contribution is -2.48. The molecular formula is C23H20FN7O. The number of benzene rings is 2. The second-order valence-corrected chi connectivity index (χ2v) is 7.41. The number of carbonyl (C=O) groups is 1. The molecule has 2 aromatic heterocycles. The highest BCUT2D eigenvalue weighted by atomic mass is 19.1. The van der Waals surface area contributed by atoms with Crippen LogP contribution in [-0.4, -0.2) is 61.9 Å². The Kier molecular flexibility index (Phi) is 5.29. The zero-order valence-corrected chi connectivity index (χ0v) is 17.2. The normalized spacial score (nSPS) is 14.4. The van der Waals surface area contributed by atoms with Gasteiger partial charge in [0.25, 0.3) is 0 Å². The molecule has 8 nitrogen and oxygen atoms in total. The van der Waals surface area contributed by atoms with E-state index >= 15 is 0 Å². The predicted octanol–water partition coefficient (Wildman–Crippen LogP) is 2.71. The van der Waals surface area contributed by atoms with Crippen LogP contribution in [0, 0.1) is 5.82 Å². The molecule has 1 amide bonds. The molecule has 4 aromatic rings. The summed E-state index contributed by atoms with van der Waals surface area (Å²) in [6.07, 6.45) is 4.89. The lowest BCUT2D eigenvalue weighted by molar-refractivity contribution is -0.126. The van der Waals surface area contributed by atoms with Gasteiger partial charge in [0.05, 0.1) is 5.69 Å². The molecule has 0 N–H and O–H groups in total. The first-order valence-corrected chi connectivity index (χ1v) is 10.3. The van der Waals surface area contributed by atoms with Gasteiger partial charge in [-0.2, -0.15) is 4.68 Å². The maximum absolute atomic E-state index is 13.6. The fourth-order valence-electron chi connectivity index (χ4n) is 3.73. The average Bonchev–Trinajstić information content (AvgIpc) is 3.28. The quantitative estimate of drug-likeness (QED) is 0.464. The molecule has 3 heterocycles.